The Morgan fingerprint density at radius 1 is 0.933 bits per heavy atom. The van der Waals surface area contributed by atoms with E-state index < -0.39 is 0 Å². The van der Waals surface area contributed by atoms with Gasteiger partial charge in [0.05, 0.1) is 7.11 Å². The Bertz CT molecular complexity index is 1000. The first-order valence-corrected chi connectivity index (χ1v) is 9.61. The van der Waals surface area contributed by atoms with Crippen LogP contribution < -0.4 is 20.1 Å². The molecule has 0 atom stereocenters. The first kappa shape index (κ1) is 21.2. The second kappa shape index (κ2) is 10.3. The van der Waals surface area contributed by atoms with Crippen LogP contribution in [0.15, 0.2) is 72.8 Å². The number of carbonyl (C=O) groups is 2. The fourth-order valence-electron chi connectivity index (χ4n) is 2.64. The predicted molar refractivity (Wildman–Crippen MR) is 116 cm³/mol. The van der Waals surface area contributed by atoms with Gasteiger partial charge in [-0.05, 0) is 54.1 Å². The van der Waals surface area contributed by atoms with Crippen LogP contribution in [0.3, 0.4) is 0 Å². The predicted octanol–water partition coefficient (Wildman–Crippen LogP) is 4.30. The number of ether oxygens (including phenoxy) is 2. The van der Waals surface area contributed by atoms with Gasteiger partial charge < -0.3 is 20.1 Å². The van der Waals surface area contributed by atoms with E-state index in [2.05, 4.69) is 10.6 Å². The van der Waals surface area contributed by atoms with Crippen molar-refractivity contribution in [2.24, 2.45) is 0 Å². The van der Waals surface area contributed by atoms with Crippen molar-refractivity contribution in [3.05, 3.63) is 88.9 Å². The summed E-state index contributed by atoms with van der Waals surface area (Å²) in [7, 11) is 1.56. The van der Waals surface area contributed by atoms with Gasteiger partial charge in [0, 0.05) is 28.9 Å². The summed E-state index contributed by atoms with van der Waals surface area (Å²) in [4.78, 5) is 24.3. The summed E-state index contributed by atoms with van der Waals surface area (Å²) in [6, 6.07) is 20.9. The van der Waals surface area contributed by atoms with Crippen molar-refractivity contribution < 1.29 is 19.1 Å². The lowest BCUT2D eigenvalue weighted by atomic mass is 10.2. The summed E-state index contributed by atoms with van der Waals surface area (Å²) in [6.45, 7) is 0.248. The van der Waals surface area contributed by atoms with Crippen LogP contribution in [-0.2, 0) is 11.3 Å². The molecule has 0 radical (unpaired) electrons. The van der Waals surface area contributed by atoms with Crippen molar-refractivity contribution in [1.29, 1.82) is 0 Å². The molecule has 0 aromatic heterocycles. The molecule has 3 rings (SSSR count). The smallest absolute Gasteiger partial charge is 0.262 e. The van der Waals surface area contributed by atoms with Gasteiger partial charge in [-0.2, -0.15) is 0 Å². The Morgan fingerprint density at radius 2 is 1.67 bits per heavy atom. The van der Waals surface area contributed by atoms with Gasteiger partial charge in [-0.3, -0.25) is 9.59 Å². The molecule has 6 nitrogen and oxygen atoms in total. The van der Waals surface area contributed by atoms with Crippen molar-refractivity contribution in [2.45, 2.75) is 6.54 Å². The molecule has 3 aromatic carbocycles. The average molecular weight is 425 g/mol. The molecule has 2 N–H and O–H groups in total. The van der Waals surface area contributed by atoms with Gasteiger partial charge in [0.15, 0.2) is 6.61 Å². The van der Waals surface area contributed by atoms with Gasteiger partial charge in [0.25, 0.3) is 11.8 Å². The summed E-state index contributed by atoms with van der Waals surface area (Å²) < 4.78 is 10.6. The largest absolute Gasteiger partial charge is 0.497 e. The summed E-state index contributed by atoms with van der Waals surface area (Å²) in [6.07, 6.45) is 0. The number of carbonyl (C=O) groups excluding carboxylic acids is 2. The van der Waals surface area contributed by atoms with Crippen LogP contribution in [0.1, 0.15) is 15.9 Å². The number of hydrogen-bond donors (Lipinski definition) is 2. The summed E-state index contributed by atoms with van der Waals surface area (Å²) in [5.74, 6) is 0.643. The van der Waals surface area contributed by atoms with Crippen LogP contribution in [0.5, 0.6) is 11.5 Å². The maximum Gasteiger partial charge on any atom is 0.262 e. The lowest BCUT2D eigenvalue weighted by molar-refractivity contribution is -0.118. The molecule has 0 saturated carbocycles. The number of nitrogens with one attached hydrogen (secondary N) is 2. The number of amides is 2. The van der Waals surface area contributed by atoms with E-state index >= 15 is 0 Å². The van der Waals surface area contributed by atoms with E-state index in [1.54, 1.807) is 67.8 Å². The van der Waals surface area contributed by atoms with Crippen molar-refractivity contribution in [1.82, 2.24) is 5.32 Å². The first-order chi connectivity index (χ1) is 14.5. The second-order valence-electron chi connectivity index (χ2n) is 6.40. The zero-order chi connectivity index (χ0) is 21.3. The molecule has 0 aliphatic rings. The standard InChI is InChI=1S/C23H21ClN2O4/c1-29-21-4-2-3-19(13-21)26-22(27)15-30-20-11-7-17(8-12-20)23(28)25-14-16-5-9-18(24)10-6-16/h2-13H,14-15H2,1H3,(H,25,28)(H,26,27). The maximum absolute atomic E-state index is 12.3. The third-order valence-electron chi connectivity index (χ3n) is 4.21. The molecule has 0 aliphatic heterocycles. The van der Waals surface area contributed by atoms with E-state index in [1.165, 1.54) is 0 Å². The minimum atomic E-state index is -0.298. The highest BCUT2D eigenvalue weighted by atomic mass is 35.5. The monoisotopic (exact) mass is 424 g/mol. The number of hydrogen-bond acceptors (Lipinski definition) is 4. The first-order valence-electron chi connectivity index (χ1n) is 9.23. The zero-order valence-corrected chi connectivity index (χ0v) is 17.1. The molecular formula is C23H21ClN2O4. The van der Waals surface area contributed by atoms with Crippen LogP contribution in [0.4, 0.5) is 5.69 Å². The van der Waals surface area contributed by atoms with Crippen molar-refractivity contribution in [2.75, 3.05) is 19.0 Å². The molecule has 3 aromatic rings. The Labute approximate surface area is 179 Å². The van der Waals surface area contributed by atoms with E-state index in [1.807, 2.05) is 12.1 Å². The van der Waals surface area contributed by atoms with E-state index in [0.29, 0.717) is 34.3 Å². The van der Waals surface area contributed by atoms with Crippen LogP contribution in [0, 0.1) is 0 Å². The van der Waals surface area contributed by atoms with Gasteiger partial charge >= 0.3 is 0 Å². The molecule has 0 bridgehead atoms. The third kappa shape index (κ3) is 6.25. The van der Waals surface area contributed by atoms with Crippen LogP contribution in [0.25, 0.3) is 0 Å². The molecule has 0 saturated heterocycles. The Hall–Kier alpha value is -3.51. The zero-order valence-electron chi connectivity index (χ0n) is 16.4. The fourth-order valence-corrected chi connectivity index (χ4v) is 2.76. The minimum Gasteiger partial charge on any atom is -0.497 e. The van der Waals surface area contributed by atoms with E-state index in [4.69, 9.17) is 21.1 Å². The van der Waals surface area contributed by atoms with Gasteiger partial charge in [-0.15, -0.1) is 0 Å². The average Bonchev–Trinajstić information content (AvgIpc) is 2.77. The number of halogens is 1. The normalized spacial score (nSPS) is 10.2. The van der Waals surface area contributed by atoms with E-state index in [-0.39, 0.29) is 18.4 Å². The van der Waals surface area contributed by atoms with Crippen LogP contribution >= 0.6 is 11.6 Å². The van der Waals surface area contributed by atoms with E-state index in [0.717, 1.165) is 5.56 Å². The SMILES string of the molecule is COc1cccc(NC(=O)COc2ccc(C(=O)NCc3ccc(Cl)cc3)cc2)c1. The number of benzene rings is 3. The molecule has 154 valence electrons. The Kier molecular flexibility index (Phi) is 7.29. The van der Waals surface area contributed by atoms with Gasteiger partial charge in [0.1, 0.15) is 11.5 Å². The molecule has 0 unspecified atom stereocenters. The Balaban J connectivity index is 1.47. The van der Waals surface area contributed by atoms with Gasteiger partial charge in [-0.25, -0.2) is 0 Å². The maximum atomic E-state index is 12.3. The molecule has 7 heteroatoms. The number of methoxy groups -OCH3 is 1. The summed E-state index contributed by atoms with van der Waals surface area (Å²) >= 11 is 5.85. The number of anilines is 1. The summed E-state index contributed by atoms with van der Waals surface area (Å²) in [5, 5.41) is 6.23. The summed E-state index contributed by atoms with van der Waals surface area (Å²) in [5.41, 5.74) is 2.07. The lowest BCUT2D eigenvalue weighted by Gasteiger charge is -2.09. The van der Waals surface area contributed by atoms with Gasteiger partial charge in [0.2, 0.25) is 0 Å². The lowest BCUT2D eigenvalue weighted by Crippen LogP contribution is -2.22. The molecular weight excluding hydrogens is 404 g/mol. The topological polar surface area (TPSA) is 76.7 Å². The minimum absolute atomic E-state index is 0.153. The molecule has 0 spiro atoms. The third-order valence-corrected chi connectivity index (χ3v) is 4.46. The van der Waals surface area contributed by atoms with Crippen molar-refractivity contribution in [3.8, 4) is 11.5 Å². The quantitative estimate of drug-likeness (QED) is 0.565. The molecule has 0 heterocycles. The van der Waals surface area contributed by atoms with E-state index in [9.17, 15) is 9.59 Å². The Morgan fingerprint density at radius 3 is 2.37 bits per heavy atom. The second-order valence-corrected chi connectivity index (χ2v) is 6.84. The van der Waals surface area contributed by atoms with Gasteiger partial charge in [-0.1, -0.05) is 29.8 Å². The van der Waals surface area contributed by atoms with Crippen LogP contribution in [0.2, 0.25) is 5.02 Å². The molecule has 2 amide bonds. The highest BCUT2D eigenvalue weighted by Gasteiger charge is 2.08. The molecule has 0 aliphatic carbocycles. The van der Waals surface area contributed by atoms with Crippen molar-refractivity contribution >= 4 is 29.1 Å². The van der Waals surface area contributed by atoms with Crippen LogP contribution in [-0.4, -0.2) is 25.5 Å². The molecule has 0 fully saturated rings. The number of rotatable bonds is 8. The highest BCUT2D eigenvalue weighted by Crippen LogP contribution is 2.17. The molecule has 30 heavy (non-hydrogen) atoms. The highest BCUT2D eigenvalue weighted by molar-refractivity contribution is 6.30. The van der Waals surface area contributed by atoms with Crippen molar-refractivity contribution in [3.63, 3.8) is 0 Å². The fraction of sp³-hybridized carbons (Fsp3) is 0.130.